The first-order chi connectivity index (χ1) is 9.03. The van der Waals surface area contributed by atoms with E-state index in [0.717, 1.165) is 18.7 Å². The van der Waals surface area contributed by atoms with Crippen LogP contribution in [0.3, 0.4) is 0 Å². The van der Waals surface area contributed by atoms with Crippen LogP contribution >= 0.6 is 0 Å². The van der Waals surface area contributed by atoms with E-state index in [1.807, 2.05) is 12.1 Å². The van der Waals surface area contributed by atoms with Gasteiger partial charge in [0.05, 0.1) is 0 Å². The number of aromatic nitrogens is 1. The van der Waals surface area contributed by atoms with E-state index in [0.29, 0.717) is 5.82 Å². The first-order valence-electron chi connectivity index (χ1n) is 7.17. The lowest BCUT2D eigenvalue weighted by atomic mass is 9.89. The second-order valence-electron chi connectivity index (χ2n) is 5.94. The van der Waals surface area contributed by atoms with E-state index >= 15 is 0 Å². The van der Waals surface area contributed by atoms with E-state index in [1.165, 1.54) is 25.7 Å². The molecule has 106 valence electrons. The van der Waals surface area contributed by atoms with Crippen molar-refractivity contribution < 1.29 is 5.11 Å². The van der Waals surface area contributed by atoms with Gasteiger partial charge in [-0.25, -0.2) is 4.98 Å². The minimum atomic E-state index is -0.612. The molecule has 1 aromatic heterocycles. The lowest BCUT2D eigenvalue weighted by molar-refractivity contribution is -0.00974. The zero-order chi connectivity index (χ0) is 13.9. The summed E-state index contributed by atoms with van der Waals surface area (Å²) in [4.78, 5) is 6.46. The summed E-state index contributed by atoms with van der Waals surface area (Å²) in [6.07, 6.45) is 6.04. The van der Waals surface area contributed by atoms with Crippen LogP contribution in [0, 0.1) is 0 Å². The number of aliphatic hydroxyl groups is 1. The predicted octanol–water partition coefficient (Wildman–Crippen LogP) is 2.35. The number of nitrogen functional groups attached to an aromatic ring is 1. The number of nitrogens with two attached hydrogens (primary N) is 1. The second kappa shape index (κ2) is 5.88. The van der Waals surface area contributed by atoms with Gasteiger partial charge in [-0.15, -0.1) is 0 Å². The zero-order valence-electron chi connectivity index (χ0n) is 12.0. The monoisotopic (exact) mass is 263 g/mol. The number of aliphatic hydroxyl groups excluding tert-OH is 1. The molecule has 1 aromatic rings. The standard InChI is InChI=1S/C15H25N3O/c1-15(2,18-10-5-3-4-6-11-18)13(19)12-8-7-9-17-14(12)16/h7-9,13,19H,3-6,10-11H2,1-2H3,(H2,16,17). The highest BCUT2D eigenvalue weighted by atomic mass is 16.3. The summed E-state index contributed by atoms with van der Waals surface area (Å²) in [5.41, 5.74) is 6.30. The van der Waals surface area contributed by atoms with E-state index in [-0.39, 0.29) is 5.54 Å². The number of anilines is 1. The highest BCUT2D eigenvalue weighted by Gasteiger charge is 2.36. The molecule has 0 amide bonds. The third-order valence-electron chi connectivity index (χ3n) is 4.26. The molecule has 0 aromatic carbocycles. The van der Waals surface area contributed by atoms with E-state index in [2.05, 4.69) is 23.7 Å². The molecule has 1 aliphatic rings. The summed E-state index contributed by atoms with van der Waals surface area (Å²) in [6.45, 7) is 6.28. The Kier molecular flexibility index (Phi) is 4.42. The topological polar surface area (TPSA) is 62.4 Å². The SMILES string of the molecule is CC(C)(C(O)c1cccnc1N)N1CCCCCC1. The van der Waals surface area contributed by atoms with Gasteiger partial charge in [0.15, 0.2) is 0 Å². The van der Waals surface area contributed by atoms with Crippen LogP contribution in [0.25, 0.3) is 0 Å². The Labute approximate surface area is 115 Å². The minimum absolute atomic E-state index is 0.318. The van der Waals surface area contributed by atoms with E-state index < -0.39 is 6.10 Å². The summed E-state index contributed by atoms with van der Waals surface area (Å²) in [5.74, 6) is 0.429. The molecular formula is C15H25N3O. The summed E-state index contributed by atoms with van der Waals surface area (Å²) in [7, 11) is 0. The molecule has 1 saturated heterocycles. The van der Waals surface area contributed by atoms with Crippen molar-refractivity contribution in [2.75, 3.05) is 18.8 Å². The van der Waals surface area contributed by atoms with Gasteiger partial charge < -0.3 is 10.8 Å². The van der Waals surface area contributed by atoms with Gasteiger partial charge in [-0.1, -0.05) is 18.9 Å². The van der Waals surface area contributed by atoms with Gasteiger partial charge in [-0.3, -0.25) is 4.90 Å². The number of hydrogen-bond donors (Lipinski definition) is 2. The van der Waals surface area contributed by atoms with Gasteiger partial charge >= 0.3 is 0 Å². The van der Waals surface area contributed by atoms with Crippen molar-refractivity contribution in [1.82, 2.24) is 9.88 Å². The predicted molar refractivity (Wildman–Crippen MR) is 77.7 cm³/mol. The van der Waals surface area contributed by atoms with Gasteiger partial charge in [0.2, 0.25) is 0 Å². The maximum Gasteiger partial charge on any atom is 0.129 e. The summed E-state index contributed by atoms with van der Waals surface area (Å²) in [5, 5.41) is 10.7. The Morgan fingerprint density at radius 2 is 1.89 bits per heavy atom. The van der Waals surface area contributed by atoms with Gasteiger partial charge in [-0.2, -0.15) is 0 Å². The Morgan fingerprint density at radius 1 is 1.26 bits per heavy atom. The Balaban J connectivity index is 2.20. The van der Waals surface area contributed by atoms with Gasteiger partial charge in [0, 0.05) is 17.3 Å². The largest absolute Gasteiger partial charge is 0.386 e. The molecule has 0 bridgehead atoms. The van der Waals surface area contributed by atoms with Crippen LogP contribution in [0.4, 0.5) is 5.82 Å². The highest BCUT2D eigenvalue weighted by Crippen LogP contribution is 2.34. The number of nitrogens with zero attached hydrogens (tertiary/aromatic N) is 2. The lowest BCUT2D eigenvalue weighted by Gasteiger charge is -2.41. The molecule has 0 spiro atoms. The first kappa shape index (κ1) is 14.3. The Morgan fingerprint density at radius 3 is 2.47 bits per heavy atom. The van der Waals surface area contributed by atoms with Gasteiger partial charge in [0.1, 0.15) is 11.9 Å². The quantitative estimate of drug-likeness (QED) is 0.878. The molecule has 1 unspecified atom stereocenters. The van der Waals surface area contributed by atoms with Crippen molar-refractivity contribution in [3.63, 3.8) is 0 Å². The number of hydrogen-bond acceptors (Lipinski definition) is 4. The average molecular weight is 263 g/mol. The Hall–Kier alpha value is -1.13. The molecule has 19 heavy (non-hydrogen) atoms. The lowest BCUT2D eigenvalue weighted by Crippen LogP contribution is -2.49. The van der Waals surface area contributed by atoms with Crippen molar-refractivity contribution in [3.8, 4) is 0 Å². The van der Waals surface area contributed by atoms with Crippen LogP contribution in [0.15, 0.2) is 18.3 Å². The van der Waals surface area contributed by atoms with E-state index in [1.54, 1.807) is 6.20 Å². The smallest absolute Gasteiger partial charge is 0.129 e. The summed E-state index contributed by atoms with van der Waals surface area (Å²) < 4.78 is 0. The normalized spacial score (nSPS) is 19.9. The fourth-order valence-corrected chi connectivity index (χ4v) is 2.86. The fraction of sp³-hybridized carbons (Fsp3) is 0.667. The molecule has 2 heterocycles. The summed E-state index contributed by atoms with van der Waals surface area (Å²) in [6, 6.07) is 3.69. The summed E-state index contributed by atoms with van der Waals surface area (Å²) >= 11 is 0. The minimum Gasteiger partial charge on any atom is -0.386 e. The molecule has 1 aliphatic heterocycles. The van der Waals surface area contributed by atoms with Gasteiger partial charge in [-0.05, 0) is 45.8 Å². The molecule has 4 nitrogen and oxygen atoms in total. The molecule has 1 fully saturated rings. The van der Waals surface area contributed by atoms with Crippen molar-refractivity contribution >= 4 is 5.82 Å². The van der Waals surface area contributed by atoms with Crippen molar-refractivity contribution in [3.05, 3.63) is 23.9 Å². The number of rotatable bonds is 3. The van der Waals surface area contributed by atoms with Crippen molar-refractivity contribution in [1.29, 1.82) is 0 Å². The van der Waals surface area contributed by atoms with Crippen molar-refractivity contribution in [2.24, 2.45) is 0 Å². The molecule has 3 N–H and O–H groups in total. The number of likely N-dealkylation sites (tertiary alicyclic amines) is 1. The maximum atomic E-state index is 10.7. The molecule has 1 atom stereocenters. The van der Waals surface area contributed by atoms with Crippen LogP contribution in [0.5, 0.6) is 0 Å². The van der Waals surface area contributed by atoms with E-state index in [9.17, 15) is 5.11 Å². The Bertz CT molecular complexity index is 412. The molecule has 4 heteroatoms. The maximum absolute atomic E-state index is 10.7. The first-order valence-corrected chi connectivity index (χ1v) is 7.17. The van der Waals surface area contributed by atoms with Crippen LogP contribution in [-0.4, -0.2) is 33.6 Å². The van der Waals surface area contributed by atoms with Crippen LogP contribution in [0.1, 0.15) is 51.2 Å². The third-order valence-corrected chi connectivity index (χ3v) is 4.26. The van der Waals surface area contributed by atoms with E-state index in [4.69, 9.17) is 5.73 Å². The molecule has 2 rings (SSSR count). The van der Waals surface area contributed by atoms with Gasteiger partial charge in [0.25, 0.3) is 0 Å². The molecule has 0 radical (unpaired) electrons. The zero-order valence-corrected chi connectivity index (χ0v) is 12.0. The van der Waals surface area contributed by atoms with Crippen LogP contribution in [-0.2, 0) is 0 Å². The molecular weight excluding hydrogens is 238 g/mol. The van der Waals surface area contributed by atoms with Crippen LogP contribution < -0.4 is 5.73 Å². The second-order valence-corrected chi connectivity index (χ2v) is 5.94. The fourth-order valence-electron chi connectivity index (χ4n) is 2.86. The highest BCUT2D eigenvalue weighted by molar-refractivity contribution is 5.41. The molecule has 0 aliphatic carbocycles. The van der Waals surface area contributed by atoms with Crippen molar-refractivity contribution in [2.45, 2.75) is 51.2 Å². The van der Waals surface area contributed by atoms with Crippen LogP contribution in [0.2, 0.25) is 0 Å². The average Bonchev–Trinajstić information content (AvgIpc) is 2.67. The number of pyridine rings is 1. The molecule has 0 saturated carbocycles. The third kappa shape index (κ3) is 3.07.